The van der Waals surface area contributed by atoms with Crippen LogP contribution < -0.4 is 10.6 Å². The van der Waals surface area contributed by atoms with Crippen molar-refractivity contribution in [3.05, 3.63) is 34.8 Å². The Morgan fingerprint density at radius 3 is 2.95 bits per heavy atom. The van der Waals surface area contributed by atoms with Gasteiger partial charge in [-0.15, -0.1) is 0 Å². The highest BCUT2D eigenvalue weighted by atomic mass is 32.1. The fourth-order valence-electron chi connectivity index (χ4n) is 2.00. The van der Waals surface area contributed by atoms with E-state index in [1.807, 2.05) is 16.8 Å². The average molecular weight is 322 g/mol. The van der Waals surface area contributed by atoms with Crippen LogP contribution in [0.15, 0.2) is 29.2 Å². The van der Waals surface area contributed by atoms with Crippen molar-refractivity contribution in [3.63, 3.8) is 0 Å². The Hall–Kier alpha value is -1.86. The number of carbonyl (C=O) groups excluding carboxylic acids is 1. The van der Waals surface area contributed by atoms with E-state index in [-0.39, 0.29) is 12.6 Å². The van der Waals surface area contributed by atoms with Gasteiger partial charge in [-0.25, -0.2) is 4.79 Å². The Kier molecular flexibility index (Phi) is 5.20. The summed E-state index contributed by atoms with van der Waals surface area (Å²) in [6.07, 6.45) is 3.40. The van der Waals surface area contributed by atoms with E-state index in [4.69, 9.17) is 0 Å². The van der Waals surface area contributed by atoms with E-state index in [0.717, 1.165) is 12.1 Å². The van der Waals surface area contributed by atoms with Crippen molar-refractivity contribution >= 4 is 23.1 Å². The zero-order valence-corrected chi connectivity index (χ0v) is 13.9. The molecule has 0 saturated heterocycles. The smallest absolute Gasteiger partial charge is 0.319 e. The second kappa shape index (κ2) is 6.93. The molecule has 2 rings (SSSR count). The largest absolute Gasteiger partial charge is 0.384 e. The maximum absolute atomic E-state index is 11.9. The van der Waals surface area contributed by atoms with Gasteiger partial charge in [-0.05, 0) is 35.2 Å². The summed E-state index contributed by atoms with van der Waals surface area (Å²) >= 11 is 1.51. The fraction of sp³-hybridized carbons (Fsp3) is 0.467. The topological polar surface area (TPSA) is 79.2 Å². The van der Waals surface area contributed by atoms with E-state index in [9.17, 15) is 9.90 Å². The third-order valence-electron chi connectivity index (χ3n) is 3.18. The normalized spacial score (nSPS) is 13.9. The van der Waals surface area contributed by atoms with Gasteiger partial charge in [-0.3, -0.25) is 4.68 Å². The lowest BCUT2D eigenvalue weighted by Crippen LogP contribution is -2.40. The number of rotatable bonds is 6. The van der Waals surface area contributed by atoms with Crippen LogP contribution in [0.5, 0.6) is 0 Å². The Balaban J connectivity index is 1.84. The average Bonchev–Trinajstić information content (AvgIpc) is 3.08. The molecule has 6 nitrogen and oxygen atoms in total. The molecule has 0 bridgehead atoms. The molecule has 0 spiro atoms. The van der Waals surface area contributed by atoms with Crippen LogP contribution in [0.25, 0.3) is 0 Å². The van der Waals surface area contributed by atoms with Crippen molar-refractivity contribution in [1.82, 2.24) is 15.1 Å². The van der Waals surface area contributed by atoms with Gasteiger partial charge in [-0.1, -0.05) is 13.8 Å². The molecule has 2 aromatic heterocycles. The number of aliphatic hydroxyl groups is 1. The third kappa shape index (κ3) is 4.57. The minimum absolute atomic E-state index is 0.135. The second-order valence-corrected chi connectivity index (χ2v) is 6.72. The maximum atomic E-state index is 11.9. The van der Waals surface area contributed by atoms with Crippen LogP contribution in [-0.4, -0.2) is 27.5 Å². The maximum Gasteiger partial charge on any atom is 0.319 e. The monoisotopic (exact) mass is 322 g/mol. The van der Waals surface area contributed by atoms with Crippen molar-refractivity contribution in [2.24, 2.45) is 5.92 Å². The van der Waals surface area contributed by atoms with Gasteiger partial charge < -0.3 is 15.7 Å². The summed E-state index contributed by atoms with van der Waals surface area (Å²) in [4.78, 5) is 11.9. The fourth-order valence-corrected chi connectivity index (χ4v) is 2.79. The zero-order valence-electron chi connectivity index (χ0n) is 13.0. The number of hydrogen-bond donors (Lipinski definition) is 3. The lowest BCUT2D eigenvalue weighted by molar-refractivity contribution is 0.0604. The Morgan fingerprint density at radius 1 is 1.55 bits per heavy atom. The SMILES string of the molecule is CC(C)Cn1cc(NC(=O)NC[C@@](C)(O)c2ccsc2)cn1. The third-order valence-corrected chi connectivity index (χ3v) is 3.86. The van der Waals surface area contributed by atoms with E-state index in [1.54, 1.807) is 24.0 Å². The van der Waals surface area contributed by atoms with E-state index >= 15 is 0 Å². The van der Waals surface area contributed by atoms with Crippen LogP contribution in [0.2, 0.25) is 0 Å². The molecule has 22 heavy (non-hydrogen) atoms. The lowest BCUT2D eigenvalue weighted by Gasteiger charge is -2.22. The molecule has 3 N–H and O–H groups in total. The van der Waals surface area contributed by atoms with Crippen LogP contribution in [0, 0.1) is 5.92 Å². The zero-order chi connectivity index (χ0) is 16.2. The van der Waals surface area contributed by atoms with E-state index in [1.165, 1.54) is 11.3 Å². The Labute approximate surface area is 134 Å². The summed E-state index contributed by atoms with van der Waals surface area (Å²) in [5, 5.41) is 23.7. The van der Waals surface area contributed by atoms with Gasteiger partial charge >= 0.3 is 6.03 Å². The Morgan fingerprint density at radius 2 is 2.32 bits per heavy atom. The molecule has 0 aromatic carbocycles. The summed E-state index contributed by atoms with van der Waals surface area (Å²) in [6, 6.07) is 1.49. The predicted octanol–water partition coefficient (Wildman–Crippen LogP) is 2.63. The summed E-state index contributed by atoms with van der Waals surface area (Å²) in [6.45, 7) is 6.82. The van der Waals surface area contributed by atoms with Crippen LogP contribution >= 0.6 is 11.3 Å². The quantitative estimate of drug-likeness (QED) is 0.765. The number of anilines is 1. The summed E-state index contributed by atoms with van der Waals surface area (Å²) < 4.78 is 1.79. The van der Waals surface area contributed by atoms with Crippen molar-refractivity contribution in [2.75, 3.05) is 11.9 Å². The van der Waals surface area contributed by atoms with Gasteiger partial charge in [-0.2, -0.15) is 16.4 Å². The first-order valence-corrected chi connectivity index (χ1v) is 8.13. The Bertz CT molecular complexity index is 605. The molecule has 2 aromatic rings. The molecule has 0 saturated carbocycles. The van der Waals surface area contributed by atoms with Crippen molar-refractivity contribution in [1.29, 1.82) is 0 Å². The predicted molar refractivity (Wildman–Crippen MR) is 88.0 cm³/mol. The number of thiophene rings is 1. The van der Waals surface area contributed by atoms with E-state index < -0.39 is 5.60 Å². The molecule has 1 atom stereocenters. The van der Waals surface area contributed by atoms with Crippen LogP contribution in [-0.2, 0) is 12.1 Å². The summed E-state index contributed by atoms with van der Waals surface area (Å²) in [7, 11) is 0. The number of amides is 2. The highest BCUT2D eigenvalue weighted by molar-refractivity contribution is 7.08. The van der Waals surface area contributed by atoms with Crippen molar-refractivity contribution in [3.8, 4) is 0 Å². The van der Waals surface area contributed by atoms with Gasteiger partial charge in [0, 0.05) is 12.7 Å². The second-order valence-electron chi connectivity index (χ2n) is 5.94. The van der Waals surface area contributed by atoms with E-state index in [2.05, 4.69) is 29.6 Å². The van der Waals surface area contributed by atoms with Crippen LogP contribution in [0.3, 0.4) is 0 Å². The first kappa shape index (κ1) is 16.5. The minimum atomic E-state index is -1.08. The molecule has 7 heteroatoms. The number of urea groups is 1. The van der Waals surface area contributed by atoms with Gasteiger partial charge in [0.2, 0.25) is 0 Å². The number of hydrogen-bond acceptors (Lipinski definition) is 4. The van der Waals surface area contributed by atoms with Gasteiger partial charge in [0.1, 0.15) is 5.60 Å². The molecule has 0 aliphatic carbocycles. The number of nitrogens with one attached hydrogen (secondary N) is 2. The van der Waals surface area contributed by atoms with Gasteiger partial charge in [0.15, 0.2) is 0 Å². The van der Waals surface area contributed by atoms with Crippen LogP contribution in [0.4, 0.5) is 10.5 Å². The number of carbonyl (C=O) groups is 1. The highest BCUT2D eigenvalue weighted by Gasteiger charge is 2.24. The van der Waals surface area contributed by atoms with Gasteiger partial charge in [0.25, 0.3) is 0 Å². The van der Waals surface area contributed by atoms with E-state index in [0.29, 0.717) is 11.6 Å². The van der Waals surface area contributed by atoms with Crippen molar-refractivity contribution < 1.29 is 9.90 Å². The van der Waals surface area contributed by atoms with Gasteiger partial charge in [0.05, 0.1) is 18.4 Å². The molecular weight excluding hydrogens is 300 g/mol. The molecule has 0 aliphatic rings. The molecular formula is C15H22N4O2S. The first-order valence-electron chi connectivity index (χ1n) is 7.19. The first-order chi connectivity index (χ1) is 10.4. The molecule has 2 heterocycles. The molecule has 0 radical (unpaired) electrons. The van der Waals surface area contributed by atoms with Crippen molar-refractivity contribution in [2.45, 2.75) is 32.9 Å². The van der Waals surface area contributed by atoms with Crippen LogP contribution in [0.1, 0.15) is 26.3 Å². The lowest BCUT2D eigenvalue weighted by atomic mass is 9.99. The summed E-state index contributed by atoms with van der Waals surface area (Å²) in [5.41, 5.74) is 0.343. The number of nitrogens with zero attached hydrogens (tertiary/aromatic N) is 2. The molecule has 0 aliphatic heterocycles. The molecule has 120 valence electrons. The molecule has 0 unspecified atom stereocenters. The number of aromatic nitrogens is 2. The minimum Gasteiger partial charge on any atom is -0.384 e. The highest BCUT2D eigenvalue weighted by Crippen LogP contribution is 2.22. The summed E-state index contributed by atoms with van der Waals surface area (Å²) in [5.74, 6) is 0.488. The molecule has 2 amide bonds. The standard InChI is InChI=1S/C15H22N4O2S/c1-11(2)7-19-8-13(6-17-19)18-14(20)16-10-15(3,21)12-4-5-22-9-12/h4-6,8-9,11,21H,7,10H2,1-3H3,(H2,16,18,20)/t15-/m1/s1. The molecule has 0 fully saturated rings.